The van der Waals surface area contributed by atoms with Crippen molar-refractivity contribution in [3.63, 3.8) is 0 Å². The van der Waals surface area contributed by atoms with E-state index in [1.54, 1.807) is 30.5 Å². The van der Waals surface area contributed by atoms with Crippen LogP contribution in [-0.2, 0) is 24.3 Å². The lowest BCUT2D eigenvalue weighted by atomic mass is 10.0. The first kappa shape index (κ1) is 26.5. The second-order valence-corrected chi connectivity index (χ2v) is 10.5. The first-order chi connectivity index (χ1) is 19.9. The summed E-state index contributed by atoms with van der Waals surface area (Å²) in [5.74, 6) is -1.67. The van der Waals surface area contributed by atoms with E-state index in [2.05, 4.69) is 15.0 Å². The number of aromatic carboxylic acids is 1. The number of imidazole rings is 1. The molecule has 1 saturated heterocycles. The van der Waals surface area contributed by atoms with Gasteiger partial charge in [0.25, 0.3) is 0 Å². The van der Waals surface area contributed by atoms with E-state index in [0.29, 0.717) is 35.0 Å². The van der Waals surface area contributed by atoms with Gasteiger partial charge in [0.05, 0.1) is 39.8 Å². The van der Waals surface area contributed by atoms with Crippen LogP contribution in [0, 0.1) is 23.0 Å². The number of rotatable bonds is 9. The van der Waals surface area contributed by atoms with Crippen LogP contribution < -0.4 is 4.74 Å². The molecule has 0 saturated carbocycles. The molecule has 0 amide bonds. The maximum Gasteiger partial charge on any atom is 0.335 e. The number of carboxylic acid groups (broad SMARTS) is 1. The van der Waals surface area contributed by atoms with Crippen molar-refractivity contribution in [1.29, 1.82) is 5.26 Å². The molecule has 2 aromatic carbocycles. The maximum atomic E-state index is 15.4. The molecule has 9 nitrogen and oxygen atoms in total. The Morgan fingerprint density at radius 3 is 2.78 bits per heavy atom. The van der Waals surface area contributed by atoms with E-state index >= 15 is 8.78 Å². The Labute approximate surface area is 236 Å². The molecule has 5 aromatic rings. The highest BCUT2D eigenvalue weighted by Crippen LogP contribution is 2.29. The molecular weight excluding hydrogens is 552 g/mol. The standard InChI is InChI=1S/C29H21F2N5O4S/c30-21-11-20(23-2-1-3-27(35-23)40-15-19-13-33-28(12-32)41-19)22(31)8-17(21)10-26-34-24-5-4-16(29(37)38)9-25(24)36(26)14-18-6-7-39-18/h1-5,8-9,11,13,18H,6-7,10,14-15H2,(H,37,38). The number of pyridine rings is 1. The number of carbonyl (C=O) groups is 1. The summed E-state index contributed by atoms with van der Waals surface area (Å²) in [6.07, 6.45) is 2.31. The third-order valence-corrected chi connectivity index (χ3v) is 7.62. The lowest BCUT2D eigenvalue weighted by Gasteiger charge is -2.27. The van der Waals surface area contributed by atoms with Gasteiger partial charge in [-0.15, -0.1) is 11.3 Å². The summed E-state index contributed by atoms with van der Waals surface area (Å²) in [4.78, 5) is 25.2. The third kappa shape index (κ3) is 5.50. The van der Waals surface area contributed by atoms with Gasteiger partial charge in [-0.2, -0.15) is 5.26 Å². The van der Waals surface area contributed by atoms with Crippen LogP contribution in [-0.4, -0.2) is 43.3 Å². The van der Waals surface area contributed by atoms with Crippen molar-refractivity contribution in [2.45, 2.75) is 32.1 Å². The zero-order valence-corrected chi connectivity index (χ0v) is 22.2. The normalized spacial score (nSPS) is 14.5. The van der Waals surface area contributed by atoms with Crippen molar-refractivity contribution in [2.75, 3.05) is 6.61 Å². The number of hydrogen-bond donors (Lipinski definition) is 1. The number of nitriles is 1. The van der Waals surface area contributed by atoms with E-state index in [9.17, 15) is 9.90 Å². The van der Waals surface area contributed by atoms with E-state index in [4.69, 9.17) is 14.7 Å². The van der Waals surface area contributed by atoms with Gasteiger partial charge in [0.1, 0.15) is 30.1 Å². The molecule has 1 aliphatic rings. The molecule has 1 fully saturated rings. The maximum absolute atomic E-state index is 15.4. The van der Waals surface area contributed by atoms with Gasteiger partial charge < -0.3 is 19.1 Å². The third-order valence-electron chi connectivity index (χ3n) is 6.75. The zero-order valence-electron chi connectivity index (χ0n) is 21.4. The van der Waals surface area contributed by atoms with Crippen LogP contribution in [0.25, 0.3) is 22.3 Å². The number of aromatic nitrogens is 4. The monoisotopic (exact) mass is 573 g/mol. The van der Waals surface area contributed by atoms with Crippen LogP contribution in [0.5, 0.6) is 5.88 Å². The van der Waals surface area contributed by atoms with Gasteiger partial charge in [-0.3, -0.25) is 0 Å². The number of nitrogens with zero attached hydrogens (tertiary/aromatic N) is 5. The van der Waals surface area contributed by atoms with Gasteiger partial charge in [0.2, 0.25) is 5.88 Å². The summed E-state index contributed by atoms with van der Waals surface area (Å²) < 4.78 is 43.8. The van der Waals surface area contributed by atoms with Gasteiger partial charge in [-0.25, -0.2) is 28.5 Å². The van der Waals surface area contributed by atoms with Crippen molar-refractivity contribution in [3.05, 3.63) is 93.2 Å². The van der Waals surface area contributed by atoms with Crippen LogP contribution in [0.2, 0.25) is 0 Å². The predicted molar refractivity (Wildman–Crippen MR) is 145 cm³/mol. The van der Waals surface area contributed by atoms with Gasteiger partial charge in [-0.05, 0) is 48.4 Å². The second-order valence-electron chi connectivity index (χ2n) is 9.42. The van der Waals surface area contributed by atoms with E-state index in [0.717, 1.165) is 23.4 Å². The highest BCUT2D eigenvalue weighted by Gasteiger charge is 2.23. The number of carboxylic acids is 1. The highest BCUT2D eigenvalue weighted by molar-refractivity contribution is 7.12. The van der Waals surface area contributed by atoms with Crippen LogP contribution >= 0.6 is 11.3 Å². The lowest BCUT2D eigenvalue weighted by molar-refractivity contribution is -0.0589. The number of thiazole rings is 1. The molecule has 206 valence electrons. The average molecular weight is 574 g/mol. The van der Waals surface area contributed by atoms with Crippen molar-refractivity contribution in [1.82, 2.24) is 19.5 Å². The minimum atomic E-state index is -1.07. The van der Waals surface area contributed by atoms with E-state index < -0.39 is 17.6 Å². The molecule has 3 aromatic heterocycles. The largest absolute Gasteiger partial charge is 0.478 e. The summed E-state index contributed by atoms with van der Waals surface area (Å²) >= 11 is 1.20. The van der Waals surface area contributed by atoms with Crippen LogP contribution in [0.15, 0.2) is 54.7 Å². The Bertz CT molecular complexity index is 1830. The molecule has 4 heterocycles. The second kappa shape index (κ2) is 11.0. The molecular formula is C29H21F2N5O4S. The predicted octanol–water partition coefficient (Wildman–Crippen LogP) is 5.36. The van der Waals surface area contributed by atoms with E-state index in [1.807, 2.05) is 10.6 Å². The van der Waals surface area contributed by atoms with Crippen molar-refractivity contribution >= 4 is 28.3 Å². The summed E-state index contributed by atoms with van der Waals surface area (Å²) in [6, 6.07) is 13.6. The molecule has 0 aliphatic carbocycles. The van der Waals surface area contributed by atoms with Gasteiger partial charge in [-0.1, -0.05) is 6.07 Å². The molecule has 1 aliphatic heterocycles. The molecule has 1 N–H and O–H groups in total. The van der Waals surface area contributed by atoms with Crippen molar-refractivity contribution in [3.8, 4) is 23.2 Å². The molecule has 6 rings (SSSR count). The first-order valence-electron chi connectivity index (χ1n) is 12.6. The average Bonchev–Trinajstić information content (AvgIpc) is 3.55. The fraction of sp³-hybridized carbons (Fsp3) is 0.207. The number of halogens is 2. The SMILES string of the molecule is N#Cc1ncc(COc2cccc(-c3cc(F)c(Cc4nc5ccc(C(=O)O)cc5n4CC4CCO4)cc3F)n2)s1. The first-order valence-corrected chi connectivity index (χ1v) is 13.5. The smallest absolute Gasteiger partial charge is 0.335 e. The molecule has 0 radical (unpaired) electrons. The summed E-state index contributed by atoms with van der Waals surface area (Å²) in [5, 5.41) is 18.7. The quantitative estimate of drug-likeness (QED) is 0.250. The van der Waals surface area contributed by atoms with E-state index in [1.165, 1.54) is 23.5 Å². The number of ether oxygens (including phenoxy) is 2. The van der Waals surface area contributed by atoms with Gasteiger partial charge >= 0.3 is 5.97 Å². The molecule has 41 heavy (non-hydrogen) atoms. The Kier molecular flexibility index (Phi) is 7.13. The Hall–Kier alpha value is -4.73. The number of benzene rings is 2. The minimum Gasteiger partial charge on any atom is -0.478 e. The van der Waals surface area contributed by atoms with Crippen molar-refractivity contribution in [2.24, 2.45) is 0 Å². The van der Waals surface area contributed by atoms with Crippen LogP contribution in [0.3, 0.4) is 0 Å². The zero-order chi connectivity index (χ0) is 28.5. The number of fused-ring (bicyclic) bond motifs is 1. The molecule has 0 bridgehead atoms. The molecule has 0 spiro atoms. The Morgan fingerprint density at radius 2 is 2.05 bits per heavy atom. The molecule has 12 heteroatoms. The molecule has 1 atom stereocenters. The molecule has 1 unspecified atom stereocenters. The van der Waals surface area contributed by atoms with E-state index in [-0.39, 0.29) is 47.4 Å². The topological polar surface area (TPSA) is 123 Å². The summed E-state index contributed by atoms with van der Waals surface area (Å²) in [6.45, 7) is 1.20. The van der Waals surface area contributed by atoms with Gasteiger partial charge in [0, 0.05) is 30.9 Å². The Morgan fingerprint density at radius 1 is 1.20 bits per heavy atom. The van der Waals surface area contributed by atoms with Crippen LogP contribution in [0.4, 0.5) is 8.78 Å². The van der Waals surface area contributed by atoms with Crippen molar-refractivity contribution < 1.29 is 28.2 Å². The van der Waals surface area contributed by atoms with Crippen LogP contribution in [0.1, 0.15) is 38.1 Å². The Balaban J connectivity index is 1.27. The fourth-order valence-corrected chi connectivity index (χ4v) is 5.21. The summed E-state index contributed by atoms with van der Waals surface area (Å²) in [7, 11) is 0. The number of hydrogen-bond acceptors (Lipinski definition) is 8. The highest BCUT2D eigenvalue weighted by atomic mass is 32.1. The lowest BCUT2D eigenvalue weighted by Crippen LogP contribution is -2.31. The summed E-state index contributed by atoms with van der Waals surface area (Å²) in [5.41, 5.74) is 1.54. The fourth-order valence-electron chi connectivity index (χ4n) is 4.58. The van der Waals surface area contributed by atoms with Gasteiger partial charge in [0.15, 0.2) is 5.01 Å². The minimum absolute atomic E-state index is 0.0110.